The third-order valence-corrected chi connectivity index (χ3v) is 3.55. The molecule has 0 unspecified atom stereocenters. The van der Waals surface area contributed by atoms with Crippen molar-refractivity contribution >= 4 is 17.7 Å². The molecule has 1 amide bonds. The summed E-state index contributed by atoms with van der Waals surface area (Å²) < 4.78 is 0. The monoisotopic (exact) mass is 281 g/mol. The molecule has 0 bridgehead atoms. The smallest absolute Gasteiger partial charge is 0.253 e. The van der Waals surface area contributed by atoms with E-state index in [1.165, 1.54) is 4.90 Å². The summed E-state index contributed by atoms with van der Waals surface area (Å²) in [5.41, 5.74) is -0.199. The Hall–Kier alpha value is -1.00. The highest BCUT2D eigenvalue weighted by Crippen LogP contribution is 2.19. The lowest BCUT2D eigenvalue weighted by Crippen LogP contribution is -2.42. The number of hydrogen-bond acceptors (Lipinski definition) is 3. The Morgan fingerprint density at radius 3 is 2.26 bits per heavy atom. The van der Waals surface area contributed by atoms with Crippen LogP contribution in [0.15, 0.2) is 29.2 Å². The highest BCUT2D eigenvalue weighted by molar-refractivity contribution is 7.99. The predicted molar refractivity (Wildman–Crippen MR) is 80.7 cm³/mol. The van der Waals surface area contributed by atoms with Crippen molar-refractivity contribution in [3.8, 4) is 0 Å². The van der Waals surface area contributed by atoms with Crippen molar-refractivity contribution in [2.24, 2.45) is 0 Å². The van der Waals surface area contributed by atoms with Crippen LogP contribution in [-0.4, -0.2) is 40.4 Å². The van der Waals surface area contributed by atoms with Crippen molar-refractivity contribution in [1.29, 1.82) is 0 Å². The van der Waals surface area contributed by atoms with Crippen LogP contribution in [0.5, 0.6) is 0 Å². The van der Waals surface area contributed by atoms with Crippen molar-refractivity contribution in [2.45, 2.75) is 38.2 Å². The molecule has 1 aromatic rings. The summed E-state index contributed by atoms with van der Waals surface area (Å²) in [6.45, 7) is 8.38. The number of carbonyl (C=O) groups is 1. The van der Waals surface area contributed by atoms with Crippen LogP contribution in [0.25, 0.3) is 0 Å². The van der Waals surface area contributed by atoms with Gasteiger partial charge in [0.25, 0.3) is 5.91 Å². The Balaban J connectivity index is 2.79. The van der Waals surface area contributed by atoms with Crippen LogP contribution in [0.1, 0.15) is 38.1 Å². The molecule has 1 aromatic carbocycles. The third kappa shape index (κ3) is 5.25. The number of amides is 1. The Bertz CT molecular complexity index is 409. The van der Waals surface area contributed by atoms with Gasteiger partial charge in [0.15, 0.2) is 0 Å². The fourth-order valence-corrected chi connectivity index (χ4v) is 2.50. The molecule has 1 rings (SSSR count). The second-order valence-electron chi connectivity index (χ2n) is 5.09. The minimum atomic E-state index is -0.871. The first-order valence-electron chi connectivity index (χ1n) is 6.62. The van der Waals surface area contributed by atoms with E-state index in [0.717, 1.165) is 5.75 Å². The molecule has 0 aliphatic rings. The third-order valence-electron chi connectivity index (χ3n) is 2.66. The highest BCUT2D eigenvalue weighted by Gasteiger charge is 2.22. The molecule has 0 heterocycles. The molecule has 0 atom stereocenters. The van der Waals surface area contributed by atoms with Gasteiger partial charge in [-0.25, -0.2) is 0 Å². The van der Waals surface area contributed by atoms with Crippen molar-refractivity contribution in [1.82, 2.24) is 4.90 Å². The number of nitrogens with zero attached hydrogens (tertiary/aromatic N) is 1. The highest BCUT2D eigenvalue weighted by atomic mass is 32.2. The van der Waals surface area contributed by atoms with Crippen LogP contribution in [0.2, 0.25) is 0 Å². The standard InChI is InChI=1S/C15H23NO2S/c1-5-16(11-15(3,4)18)14(17)12-7-9-13(10-8-12)19-6-2/h7-10,18H,5-6,11H2,1-4H3. The summed E-state index contributed by atoms with van der Waals surface area (Å²) in [5.74, 6) is 0.991. The molecular formula is C15H23NO2S. The van der Waals surface area contributed by atoms with E-state index in [1.807, 2.05) is 31.2 Å². The summed E-state index contributed by atoms with van der Waals surface area (Å²) in [7, 11) is 0. The number of thioether (sulfide) groups is 1. The van der Waals surface area contributed by atoms with Crippen LogP contribution < -0.4 is 0 Å². The van der Waals surface area contributed by atoms with E-state index in [0.29, 0.717) is 18.7 Å². The van der Waals surface area contributed by atoms with E-state index in [2.05, 4.69) is 6.92 Å². The zero-order chi connectivity index (χ0) is 14.5. The molecule has 0 saturated heterocycles. The maximum absolute atomic E-state index is 12.3. The van der Waals surface area contributed by atoms with Crippen molar-refractivity contribution in [3.63, 3.8) is 0 Å². The Labute approximate surface area is 120 Å². The van der Waals surface area contributed by atoms with Gasteiger partial charge in [0, 0.05) is 23.5 Å². The van der Waals surface area contributed by atoms with E-state index in [-0.39, 0.29) is 5.91 Å². The molecule has 0 fully saturated rings. The topological polar surface area (TPSA) is 40.5 Å². The van der Waals surface area contributed by atoms with Crippen LogP contribution in [0.3, 0.4) is 0 Å². The van der Waals surface area contributed by atoms with Gasteiger partial charge in [-0.1, -0.05) is 6.92 Å². The Morgan fingerprint density at radius 2 is 1.84 bits per heavy atom. The minimum Gasteiger partial charge on any atom is -0.389 e. The van der Waals surface area contributed by atoms with Gasteiger partial charge in [-0.05, 0) is 50.8 Å². The van der Waals surface area contributed by atoms with E-state index in [9.17, 15) is 9.90 Å². The zero-order valence-electron chi connectivity index (χ0n) is 12.1. The second-order valence-corrected chi connectivity index (χ2v) is 6.43. The Morgan fingerprint density at radius 1 is 1.26 bits per heavy atom. The van der Waals surface area contributed by atoms with Crippen molar-refractivity contribution < 1.29 is 9.90 Å². The summed E-state index contributed by atoms with van der Waals surface area (Å²) in [6.07, 6.45) is 0. The number of aliphatic hydroxyl groups is 1. The largest absolute Gasteiger partial charge is 0.389 e. The summed E-state index contributed by atoms with van der Waals surface area (Å²) in [4.78, 5) is 15.2. The molecule has 1 N–H and O–H groups in total. The SMILES string of the molecule is CCSc1ccc(C(=O)N(CC)CC(C)(C)O)cc1. The fourth-order valence-electron chi connectivity index (χ4n) is 1.84. The molecule has 0 saturated carbocycles. The molecule has 3 nitrogen and oxygen atoms in total. The lowest BCUT2D eigenvalue weighted by Gasteiger charge is -2.28. The second kappa shape index (κ2) is 6.96. The summed E-state index contributed by atoms with van der Waals surface area (Å²) in [6, 6.07) is 7.65. The first kappa shape index (κ1) is 16.1. The van der Waals surface area contributed by atoms with Gasteiger partial charge < -0.3 is 10.0 Å². The van der Waals surface area contributed by atoms with Gasteiger partial charge in [-0.2, -0.15) is 0 Å². The van der Waals surface area contributed by atoms with E-state index < -0.39 is 5.60 Å². The number of benzene rings is 1. The van der Waals surface area contributed by atoms with Gasteiger partial charge in [0.2, 0.25) is 0 Å². The average molecular weight is 281 g/mol. The van der Waals surface area contributed by atoms with Crippen LogP contribution in [-0.2, 0) is 0 Å². The molecule has 0 aromatic heterocycles. The van der Waals surface area contributed by atoms with Crippen molar-refractivity contribution in [2.75, 3.05) is 18.8 Å². The molecule has 0 aliphatic heterocycles. The molecule has 106 valence electrons. The molecule has 4 heteroatoms. The number of carbonyl (C=O) groups excluding carboxylic acids is 1. The lowest BCUT2D eigenvalue weighted by molar-refractivity contribution is 0.0314. The summed E-state index contributed by atoms with van der Waals surface area (Å²) in [5, 5.41) is 9.83. The van der Waals surface area contributed by atoms with Gasteiger partial charge in [0.05, 0.1) is 5.60 Å². The van der Waals surface area contributed by atoms with Gasteiger partial charge in [0.1, 0.15) is 0 Å². The summed E-state index contributed by atoms with van der Waals surface area (Å²) >= 11 is 1.75. The fraction of sp³-hybridized carbons (Fsp3) is 0.533. The normalized spacial score (nSPS) is 11.4. The first-order valence-corrected chi connectivity index (χ1v) is 7.60. The lowest BCUT2D eigenvalue weighted by atomic mass is 10.1. The van der Waals surface area contributed by atoms with E-state index in [1.54, 1.807) is 30.5 Å². The van der Waals surface area contributed by atoms with E-state index >= 15 is 0 Å². The molecule has 19 heavy (non-hydrogen) atoms. The van der Waals surface area contributed by atoms with E-state index in [4.69, 9.17) is 0 Å². The molecule has 0 spiro atoms. The maximum atomic E-state index is 12.3. The van der Waals surface area contributed by atoms with Crippen LogP contribution in [0.4, 0.5) is 0 Å². The molecular weight excluding hydrogens is 258 g/mol. The predicted octanol–water partition coefficient (Wildman–Crippen LogP) is 3.03. The van der Waals surface area contributed by atoms with Crippen LogP contribution in [0, 0.1) is 0 Å². The van der Waals surface area contributed by atoms with Crippen LogP contribution >= 0.6 is 11.8 Å². The van der Waals surface area contributed by atoms with Gasteiger partial charge >= 0.3 is 0 Å². The first-order chi connectivity index (χ1) is 8.87. The Kier molecular flexibility index (Phi) is 5.88. The quantitative estimate of drug-likeness (QED) is 0.815. The van der Waals surface area contributed by atoms with Crippen molar-refractivity contribution in [3.05, 3.63) is 29.8 Å². The average Bonchev–Trinajstić information content (AvgIpc) is 2.35. The maximum Gasteiger partial charge on any atom is 0.253 e. The number of rotatable bonds is 6. The molecule has 0 aliphatic carbocycles. The van der Waals surface area contributed by atoms with Gasteiger partial charge in [-0.15, -0.1) is 11.8 Å². The number of hydrogen-bond donors (Lipinski definition) is 1. The zero-order valence-corrected chi connectivity index (χ0v) is 13.0. The number of likely N-dealkylation sites (N-methyl/N-ethyl adjacent to an activating group) is 1. The molecule has 0 radical (unpaired) electrons. The van der Waals surface area contributed by atoms with Gasteiger partial charge in [-0.3, -0.25) is 4.79 Å². The minimum absolute atomic E-state index is 0.0299.